The van der Waals surface area contributed by atoms with Crippen LogP contribution < -0.4 is 0 Å². The van der Waals surface area contributed by atoms with Crippen LogP contribution in [0.3, 0.4) is 0 Å². The number of ketones is 1. The summed E-state index contributed by atoms with van der Waals surface area (Å²) in [5.41, 5.74) is 2.11. The molecule has 3 fully saturated rings. The van der Waals surface area contributed by atoms with Crippen LogP contribution in [0.5, 0.6) is 0 Å². The number of carbonyl (C=O) groups is 3. The predicted octanol–water partition coefficient (Wildman–Crippen LogP) is 2.92. The number of fused-ring (bicyclic) bond motifs is 5. The molecule has 0 radical (unpaired) electrons. The lowest BCUT2D eigenvalue weighted by atomic mass is 9.84. The molecule has 5 nitrogen and oxygen atoms in total. The lowest BCUT2D eigenvalue weighted by molar-refractivity contribution is -0.146. The van der Waals surface area contributed by atoms with Crippen molar-refractivity contribution in [3.05, 3.63) is 41.6 Å². The number of amides is 2. The third-order valence-corrected chi connectivity index (χ3v) is 6.85. The topological polar surface area (TPSA) is 57.7 Å². The van der Waals surface area contributed by atoms with Crippen molar-refractivity contribution in [2.75, 3.05) is 0 Å². The number of likely N-dealkylation sites (tertiary alicyclic amines) is 1. The largest absolute Gasteiger partial charge is 0.359 e. The summed E-state index contributed by atoms with van der Waals surface area (Å²) < 4.78 is 0. The van der Waals surface area contributed by atoms with Crippen molar-refractivity contribution in [1.82, 2.24) is 9.80 Å². The summed E-state index contributed by atoms with van der Waals surface area (Å²) in [6.07, 6.45) is 8.98. The number of rotatable bonds is 2. The van der Waals surface area contributed by atoms with Gasteiger partial charge in [-0.05, 0) is 37.0 Å². The Hall–Kier alpha value is -2.43. The maximum atomic E-state index is 13.5. The zero-order valence-corrected chi connectivity index (χ0v) is 15.5. The Bertz CT molecular complexity index is 855. The molecule has 5 heteroatoms. The van der Waals surface area contributed by atoms with Gasteiger partial charge in [-0.3, -0.25) is 19.3 Å². The molecule has 2 amide bonds. The van der Waals surface area contributed by atoms with Gasteiger partial charge in [0.2, 0.25) is 11.8 Å². The van der Waals surface area contributed by atoms with E-state index in [2.05, 4.69) is 0 Å². The van der Waals surface area contributed by atoms with Gasteiger partial charge in [0.25, 0.3) is 0 Å². The molecule has 1 aromatic rings. The number of nitrogens with zero attached hydrogens (tertiary/aromatic N) is 2. The number of carbonyl (C=O) groups excluding carboxylic acids is 3. The van der Waals surface area contributed by atoms with Crippen molar-refractivity contribution in [3.63, 3.8) is 0 Å². The predicted molar refractivity (Wildman–Crippen MR) is 100 cm³/mol. The van der Waals surface area contributed by atoms with Gasteiger partial charge in [-0.1, -0.05) is 43.5 Å². The van der Waals surface area contributed by atoms with Gasteiger partial charge < -0.3 is 4.90 Å². The SMILES string of the molecule is CC(=O)[C@@H]1[C@@H]2C(=O)N(C3CCCCC3)C(=O)[C@H]2[C@@H]2c3ccccc3C=CN12. The molecule has 0 unspecified atom stereocenters. The average Bonchev–Trinajstić information content (AvgIpc) is 3.16. The first-order valence-electron chi connectivity index (χ1n) is 10.0. The fraction of sp³-hybridized carbons (Fsp3) is 0.500. The van der Waals surface area contributed by atoms with Gasteiger partial charge in [0, 0.05) is 12.2 Å². The summed E-state index contributed by atoms with van der Waals surface area (Å²) in [5.74, 6) is -1.25. The molecular weight excluding hydrogens is 340 g/mol. The second-order valence-corrected chi connectivity index (χ2v) is 8.28. The molecule has 3 aliphatic heterocycles. The third-order valence-electron chi connectivity index (χ3n) is 6.85. The smallest absolute Gasteiger partial charge is 0.236 e. The molecule has 140 valence electrons. The van der Waals surface area contributed by atoms with Crippen molar-refractivity contribution in [3.8, 4) is 0 Å². The molecule has 27 heavy (non-hydrogen) atoms. The molecule has 2 saturated heterocycles. The van der Waals surface area contributed by atoms with Gasteiger partial charge in [-0.15, -0.1) is 0 Å². The third kappa shape index (κ3) is 2.27. The molecular formula is C22H24N2O3. The Balaban J connectivity index is 1.60. The molecule has 5 rings (SSSR count). The lowest BCUT2D eigenvalue weighted by Crippen LogP contribution is -2.47. The first-order valence-corrected chi connectivity index (χ1v) is 10.0. The summed E-state index contributed by atoms with van der Waals surface area (Å²) in [7, 11) is 0. The highest BCUT2D eigenvalue weighted by Crippen LogP contribution is 2.53. The van der Waals surface area contributed by atoms with Gasteiger partial charge in [-0.25, -0.2) is 0 Å². The monoisotopic (exact) mass is 364 g/mol. The fourth-order valence-corrected chi connectivity index (χ4v) is 5.74. The Kier molecular flexibility index (Phi) is 3.74. The highest BCUT2D eigenvalue weighted by atomic mass is 16.2. The highest BCUT2D eigenvalue weighted by Gasteiger charge is 2.64. The van der Waals surface area contributed by atoms with Crippen molar-refractivity contribution in [2.24, 2.45) is 11.8 Å². The second kappa shape index (κ2) is 6.04. The van der Waals surface area contributed by atoms with E-state index in [0.717, 1.165) is 36.8 Å². The molecule has 0 bridgehead atoms. The highest BCUT2D eigenvalue weighted by molar-refractivity contribution is 6.09. The van der Waals surface area contributed by atoms with E-state index in [0.29, 0.717) is 0 Å². The Morgan fingerprint density at radius 1 is 1.00 bits per heavy atom. The first-order chi connectivity index (χ1) is 13.1. The van der Waals surface area contributed by atoms with Gasteiger partial charge in [0.15, 0.2) is 5.78 Å². The summed E-state index contributed by atoms with van der Waals surface area (Å²) in [6.45, 7) is 1.54. The van der Waals surface area contributed by atoms with Crippen LogP contribution in [0, 0.1) is 11.8 Å². The number of hydrogen-bond acceptors (Lipinski definition) is 4. The molecule has 0 aromatic heterocycles. The maximum Gasteiger partial charge on any atom is 0.236 e. The van der Waals surface area contributed by atoms with Crippen molar-refractivity contribution >= 4 is 23.7 Å². The van der Waals surface area contributed by atoms with Crippen LogP contribution in [0.15, 0.2) is 30.5 Å². The van der Waals surface area contributed by atoms with Crippen LogP contribution in [-0.2, 0) is 14.4 Å². The second-order valence-electron chi connectivity index (χ2n) is 8.28. The van der Waals surface area contributed by atoms with Gasteiger partial charge in [-0.2, -0.15) is 0 Å². The van der Waals surface area contributed by atoms with E-state index in [-0.39, 0.29) is 29.7 Å². The van der Waals surface area contributed by atoms with E-state index in [1.807, 2.05) is 41.4 Å². The van der Waals surface area contributed by atoms with Crippen molar-refractivity contribution < 1.29 is 14.4 Å². The average molecular weight is 364 g/mol. The van der Waals surface area contributed by atoms with E-state index in [1.165, 1.54) is 6.42 Å². The minimum Gasteiger partial charge on any atom is -0.359 e. The Morgan fingerprint density at radius 2 is 1.70 bits per heavy atom. The van der Waals surface area contributed by atoms with Crippen molar-refractivity contribution in [1.29, 1.82) is 0 Å². The molecule has 4 aliphatic rings. The zero-order valence-electron chi connectivity index (χ0n) is 15.5. The van der Waals surface area contributed by atoms with Gasteiger partial charge >= 0.3 is 0 Å². The van der Waals surface area contributed by atoms with E-state index in [1.54, 1.807) is 11.8 Å². The van der Waals surface area contributed by atoms with Crippen LogP contribution in [0.4, 0.5) is 0 Å². The number of imide groups is 1. The summed E-state index contributed by atoms with van der Waals surface area (Å²) >= 11 is 0. The summed E-state index contributed by atoms with van der Waals surface area (Å²) in [5, 5.41) is 0. The standard InChI is InChI=1S/C22H24N2O3/c1-13(25)19-17-18(20-16-10-6-5-7-14(16)11-12-23(19)20)22(27)24(21(17)26)15-8-3-2-4-9-15/h5-7,10-12,15,17-20H,2-4,8-9H2,1H3/t17-,18-,19-,20+/m1/s1. The van der Waals surface area contributed by atoms with E-state index in [9.17, 15) is 14.4 Å². The Labute approximate surface area is 159 Å². The zero-order chi connectivity index (χ0) is 18.7. The fourth-order valence-electron chi connectivity index (χ4n) is 5.74. The number of Topliss-reactive ketones (excluding diaryl/α,β-unsaturated/α-hetero) is 1. The molecule has 4 atom stereocenters. The minimum atomic E-state index is -0.558. The first kappa shape index (κ1) is 16.7. The van der Waals surface area contributed by atoms with Crippen molar-refractivity contribution in [2.45, 2.75) is 57.2 Å². The van der Waals surface area contributed by atoms with Gasteiger partial charge in [0.1, 0.15) is 0 Å². The van der Waals surface area contributed by atoms with Crippen LogP contribution in [0.1, 0.15) is 56.2 Å². The normalized spacial score (nSPS) is 32.5. The molecule has 1 saturated carbocycles. The molecule has 1 aromatic carbocycles. The van der Waals surface area contributed by atoms with E-state index < -0.39 is 17.9 Å². The molecule has 1 aliphatic carbocycles. The lowest BCUT2D eigenvalue weighted by Gasteiger charge is -2.36. The molecule has 0 N–H and O–H groups in total. The van der Waals surface area contributed by atoms with E-state index in [4.69, 9.17) is 0 Å². The van der Waals surface area contributed by atoms with Crippen LogP contribution in [0.2, 0.25) is 0 Å². The summed E-state index contributed by atoms with van der Waals surface area (Å²) in [4.78, 5) is 42.9. The van der Waals surface area contributed by atoms with Crippen LogP contribution in [0.25, 0.3) is 6.08 Å². The molecule has 0 spiro atoms. The maximum absolute atomic E-state index is 13.5. The van der Waals surface area contributed by atoms with Crippen LogP contribution in [-0.4, -0.2) is 39.5 Å². The quantitative estimate of drug-likeness (QED) is 0.757. The van der Waals surface area contributed by atoms with Gasteiger partial charge in [0.05, 0.1) is 23.9 Å². The Morgan fingerprint density at radius 3 is 2.44 bits per heavy atom. The summed E-state index contributed by atoms with van der Waals surface area (Å²) in [6, 6.07) is 7.23. The van der Waals surface area contributed by atoms with Crippen LogP contribution >= 0.6 is 0 Å². The van der Waals surface area contributed by atoms with E-state index >= 15 is 0 Å². The minimum absolute atomic E-state index is 0.0137. The number of benzene rings is 1. The molecule has 3 heterocycles. The number of hydrogen-bond donors (Lipinski definition) is 0.